The SMILES string of the molecule is CCN(CCOC(C)(C)C)C1(CN)CCC(C)CC1. The minimum absolute atomic E-state index is 0.0453. The Labute approximate surface area is 119 Å². The summed E-state index contributed by atoms with van der Waals surface area (Å²) in [4.78, 5) is 2.56. The molecule has 1 aliphatic carbocycles. The van der Waals surface area contributed by atoms with Crippen LogP contribution in [-0.2, 0) is 4.74 Å². The fourth-order valence-electron chi connectivity index (χ4n) is 3.14. The van der Waals surface area contributed by atoms with Gasteiger partial charge in [-0.15, -0.1) is 0 Å². The first-order valence-electron chi connectivity index (χ1n) is 7.92. The van der Waals surface area contributed by atoms with Gasteiger partial charge in [0.25, 0.3) is 0 Å². The zero-order valence-corrected chi connectivity index (χ0v) is 13.7. The van der Waals surface area contributed by atoms with Gasteiger partial charge >= 0.3 is 0 Å². The first kappa shape index (κ1) is 16.9. The van der Waals surface area contributed by atoms with E-state index in [1.54, 1.807) is 0 Å². The summed E-state index contributed by atoms with van der Waals surface area (Å²) in [7, 11) is 0. The van der Waals surface area contributed by atoms with Gasteiger partial charge in [0.2, 0.25) is 0 Å². The van der Waals surface area contributed by atoms with E-state index in [2.05, 4.69) is 39.5 Å². The number of hydrogen-bond acceptors (Lipinski definition) is 3. The van der Waals surface area contributed by atoms with Gasteiger partial charge < -0.3 is 10.5 Å². The van der Waals surface area contributed by atoms with E-state index in [1.165, 1.54) is 25.7 Å². The Kier molecular flexibility index (Phi) is 6.28. The molecule has 0 aromatic rings. The monoisotopic (exact) mass is 270 g/mol. The third-order valence-electron chi connectivity index (χ3n) is 4.53. The standard InChI is InChI=1S/C16H34N2O/c1-6-18(11-12-19-15(3,4)5)16(13-17)9-7-14(2)8-10-16/h14H,6-13,17H2,1-5H3. The molecule has 3 heteroatoms. The molecule has 0 unspecified atom stereocenters. The van der Waals surface area contributed by atoms with Crippen LogP contribution in [0.15, 0.2) is 0 Å². The third kappa shape index (κ3) is 5.05. The molecule has 0 aromatic carbocycles. The Morgan fingerprint density at radius 1 is 1.26 bits per heavy atom. The maximum Gasteiger partial charge on any atom is 0.0600 e. The lowest BCUT2D eigenvalue weighted by Gasteiger charge is -2.47. The smallest absolute Gasteiger partial charge is 0.0600 e. The number of ether oxygens (including phenoxy) is 1. The molecule has 0 radical (unpaired) electrons. The maximum atomic E-state index is 6.14. The van der Waals surface area contributed by atoms with Crippen LogP contribution in [0.1, 0.15) is 60.3 Å². The van der Waals surface area contributed by atoms with Crippen molar-refractivity contribution in [2.45, 2.75) is 71.4 Å². The average Bonchev–Trinajstić information content (AvgIpc) is 2.35. The summed E-state index contributed by atoms with van der Waals surface area (Å²) in [6.07, 6.45) is 5.11. The van der Waals surface area contributed by atoms with Crippen LogP contribution in [0.2, 0.25) is 0 Å². The fourth-order valence-corrected chi connectivity index (χ4v) is 3.14. The van der Waals surface area contributed by atoms with E-state index in [0.29, 0.717) is 0 Å². The van der Waals surface area contributed by atoms with Crippen molar-refractivity contribution in [3.63, 3.8) is 0 Å². The Morgan fingerprint density at radius 2 is 1.84 bits per heavy atom. The first-order chi connectivity index (χ1) is 8.83. The zero-order valence-electron chi connectivity index (χ0n) is 13.7. The lowest BCUT2D eigenvalue weighted by molar-refractivity contribution is -0.0353. The second-order valence-corrected chi connectivity index (χ2v) is 7.15. The van der Waals surface area contributed by atoms with E-state index >= 15 is 0 Å². The van der Waals surface area contributed by atoms with Gasteiger partial charge in [0.15, 0.2) is 0 Å². The predicted molar refractivity (Wildman–Crippen MR) is 82.4 cm³/mol. The van der Waals surface area contributed by atoms with E-state index in [9.17, 15) is 0 Å². The molecular formula is C16H34N2O. The Hall–Kier alpha value is -0.120. The van der Waals surface area contributed by atoms with Crippen molar-refractivity contribution in [1.29, 1.82) is 0 Å². The van der Waals surface area contributed by atoms with Gasteiger partial charge in [-0.2, -0.15) is 0 Å². The van der Waals surface area contributed by atoms with Crippen molar-refractivity contribution < 1.29 is 4.74 Å². The molecule has 0 heterocycles. The topological polar surface area (TPSA) is 38.5 Å². The number of hydrogen-bond donors (Lipinski definition) is 1. The number of rotatable bonds is 6. The summed E-state index contributed by atoms with van der Waals surface area (Å²) in [5.41, 5.74) is 6.31. The van der Waals surface area contributed by atoms with Crippen molar-refractivity contribution in [2.24, 2.45) is 11.7 Å². The normalized spacial score (nSPS) is 28.9. The molecule has 1 rings (SSSR count). The third-order valence-corrected chi connectivity index (χ3v) is 4.53. The van der Waals surface area contributed by atoms with E-state index < -0.39 is 0 Å². The number of nitrogens with zero attached hydrogens (tertiary/aromatic N) is 1. The lowest BCUT2D eigenvalue weighted by atomic mass is 9.76. The van der Waals surface area contributed by atoms with E-state index in [-0.39, 0.29) is 11.1 Å². The number of likely N-dealkylation sites (N-methyl/N-ethyl adjacent to an activating group) is 1. The zero-order chi connectivity index (χ0) is 14.5. The molecule has 2 N–H and O–H groups in total. The first-order valence-corrected chi connectivity index (χ1v) is 7.92. The second kappa shape index (κ2) is 7.05. The van der Waals surface area contributed by atoms with E-state index in [1.807, 2.05) is 0 Å². The van der Waals surface area contributed by atoms with Crippen molar-refractivity contribution >= 4 is 0 Å². The molecule has 1 aliphatic rings. The van der Waals surface area contributed by atoms with Crippen LogP contribution >= 0.6 is 0 Å². The molecule has 0 bridgehead atoms. The molecule has 0 spiro atoms. The maximum absolute atomic E-state index is 6.14. The molecule has 1 saturated carbocycles. The van der Waals surface area contributed by atoms with Crippen LogP contribution in [0, 0.1) is 5.92 Å². The summed E-state index contributed by atoms with van der Waals surface area (Å²) >= 11 is 0. The van der Waals surface area contributed by atoms with Crippen LogP contribution in [-0.4, -0.2) is 42.3 Å². The summed E-state index contributed by atoms with van der Waals surface area (Å²) < 4.78 is 5.88. The molecule has 0 amide bonds. The van der Waals surface area contributed by atoms with Crippen molar-refractivity contribution in [2.75, 3.05) is 26.2 Å². The average molecular weight is 270 g/mol. The van der Waals surface area contributed by atoms with Gasteiger partial charge in [-0.05, 0) is 58.9 Å². The molecule has 1 fully saturated rings. The van der Waals surface area contributed by atoms with Gasteiger partial charge in [0.05, 0.1) is 12.2 Å². The van der Waals surface area contributed by atoms with Gasteiger partial charge in [-0.1, -0.05) is 13.8 Å². The Bertz CT molecular complexity index is 252. The Morgan fingerprint density at radius 3 is 2.26 bits per heavy atom. The van der Waals surface area contributed by atoms with Crippen LogP contribution in [0.5, 0.6) is 0 Å². The van der Waals surface area contributed by atoms with Crippen molar-refractivity contribution in [3.8, 4) is 0 Å². The molecule has 0 saturated heterocycles. The highest BCUT2D eigenvalue weighted by atomic mass is 16.5. The summed E-state index contributed by atoms with van der Waals surface area (Å²) in [6, 6.07) is 0. The van der Waals surface area contributed by atoms with Gasteiger partial charge in [-0.25, -0.2) is 0 Å². The minimum atomic E-state index is -0.0453. The molecule has 0 atom stereocenters. The quantitative estimate of drug-likeness (QED) is 0.806. The molecule has 114 valence electrons. The van der Waals surface area contributed by atoms with Gasteiger partial charge in [0, 0.05) is 18.6 Å². The van der Waals surface area contributed by atoms with Crippen molar-refractivity contribution in [1.82, 2.24) is 4.90 Å². The fraction of sp³-hybridized carbons (Fsp3) is 1.00. The highest BCUT2D eigenvalue weighted by Crippen LogP contribution is 2.35. The van der Waals surface area contributed by atoms with Crippen LogP contribution in [0.25, 0.3) is 0 Å². The van der Waals surface area contributed by atoms with Crippen LogP contribution in [0.3, 0.4) is 0 Å². The van der Waals surface area contributed by atoms with Crippen LogP contribution in [0.4, 0.5) is 0 Å². The summed E-state index contributed by atoms with van der Waals surface area (Å²) in [5, 5.41) is 0. The van der Waals surface area contributed by atoms with E-state index in [4.69, 9.17) is 10.5 Å². The van der Waals surface area contributed by atoms with Crippen LogP contribution < -0.4 is 5.73 Å². The Balaban J connectivity index is 2.55. The van der Waals surface area contributed by atoms with Gasteiger partial charge in [0.1, 0.15) is 0 Å². The largest absolute Gasteiger partial charge is 0.375 e. The summed E-state index contributed by atoms with van der Waals surface area (Å²) in [5.74, 6) is 0.865. The molecule has 3 nitrogen and oxygen atoms in total. The second-order valence-electron chi connectivity index (χ2n) is 7.15. The molecular weight excluding hydrogens is 236 g/mol. The number of nitrogens with two attached hydrogens (primary N) is 1. The molecule has 0 aliphatic heterocycles. The predicted octanol–water partition coefficient (Wildman–Crippen LogP) is 3.03. The highest BCUT2D eigenvalue weighted by molar-refractivity contribution is 4.95. The van der Waals surface area contributed by atoms with Gasteiger partial charge in [-0.3, -0.25) is 4.90 Å². The minimum Gasteiger partial charge on any atom is -0.375 e. The van der Waals surface area contributed by atoms with Crippen molar-refractivity contribution in [3.05, 3.63) is 0 Å². The van der Waals surface area contributed by atoms with E-state index in [0.717, 1.165) is 32.2 Å². The summed E-state index contributed by atoms with van der Waals surface area (Å²) in [6.45, 7) is 14.6. The highest BCUT2D eigenvalue weighted by Gasteiger charge is 2.37. The lowest BCUT2D eigenvalue weighted by Crippen LogP contribution is -2.56. The molecule has 0 aromatic heterocycles. The molecule has 19 heavy (non-hydrogen) atoms.